The molecule has 7 nitrogen and oxygen atoms in total. The van der Waals surface area contributed by atoms with Crippen LogP contribution in [0.15, 0.2) is 36.8 Å². The molecular weight excluding hydrogens is 270 g/mol. The van der Waals surface area contributed by atoms with Crippen LogP contribution >= 0.6 is 0 Å². The van der Waals surface area contributed by atoms with Gasteiger partial charge in [0.15, 0.2) is 0 Å². The van der Waals surface area contributed by atoms with Crippen LogP contribution in [0, 0.1) is 0 Å². The topological polar surface area (TPSA) is 82.5 Å². The minimum Gasteiger partial charge on any atom is -0.477 e. The number of rotatable bonds is 3. The number of aromatic carboxylic acids is 1. The lowest BCUT2D eigenvalue weighted by Crippen LogP contribution is -2.47. The van der Waals surface area contributed by atoms with E-state index >= 15 is 0 Å². The van der Waals surface area contributed by atoms with Crippen LogP contribution in [0.1, 0.15) is 10.5 Å². The molecule has 0 unspecified atom stereocenters. The molecule has 108 valence electrons. The Labute approximate surface area is 121 Å². The average Bonchev–Trinajstić information content (AvgIpc) is 2.56. The average molecular weight is 285 g/mol. The third-order valence-corrected chi connectivity index (χ3v) is 3.45. The predicted molar refractivity (Wildman–Crippen MR) is 77.7 cm³/mol. The maximum atomic E-state index is 10.8. The lowest BCUT2D eigenvalue weighted by atomic mass is 10.2. The van der Waals surface area contributed by atoms with E-state index in [4.69, 9.17) is 5.11 Å². The number of hydrogen-bond donors (Lipinski definition) is 1. The first-order valence-electron chi connectivity index (χ1n) is 6.70. The Morgan fingerprint density at radius 3 is 2.24 bits per heavy atom. The molecular formula is C14H15N5O2. The Balaban J connectivity index is 1.64. The van der Waals surface area contributed by atoms with Gasteiger partial charge in [0.1, 0.15) is 5.69 Å². The number of carboxylic acid groups (broad SMARTS) is 1. The number of anilines is 2. The highest BCUT2D eigenvalue weighted by atomic mass is 16.4. The molecule has 2 aromatic heterocycles. The molecule has 0 atom stereocenters. The fourth-order valence-corrected chi connectivity index (χ4v) is 2.32. The first kappa shape index (κ1) is 13.3. The maximum Gasteiger partial charge on any atom is 0.354 e. The van der Waals surface area contributed by atoms with Crippen molar-refractivity contribution in [2.45, 2.75) is 0 Å². The summed E-state index contributed by atoms with van der Waals surface area (Å²) in [4.78, 5) is 27.6. The molecule has 0 aromatic carbocycles. The normalized spacial score (nSPS) is 15.0. The van der Waals surface area contributed by atoms with E-state index in [2.05, 4.69) is 24.8 Å². The quantitative estimate of drug-likeness (QED) is 0.897. The van der Waals surface area contributed by atoms with E-state index in [1.54, 1.807) is 30.7 Å². The van der Waals surface area contributed by atoms with Crippen LogP contribution in [-0.4, -0.2) is 52.2 Å². The molecule has 1 N–H and O–H groups in total. The Morgan fingerprint density at radius 2 is 1.67 bits per heavy atom. The fraction of sp³-hybridized carbons (Fsp3) is 0.286. The van der Waals surface area contributed by atoms with Crippen molar-refractivity contribution >= 4 is 17.6 Å². The van der Waals surface area contributed by atoms with Gasteiger partial charge in [-0.1, -0.05) is 0 Å². The number of carboxylic acids is 1. The molecule has 0 amide bonds. The van der Waals surface area contributed by atoms with Crippen molar-refractivity contribution in [2.24, 2.45) is 0 Å². The molecule has 0 aliphatic carbocycles. The van der Waals surface area contributed by atoms with E-state index < -0.39 is 5.97 Å². The van der Waals surface area contributed by atoms with Gasteiger partial charge in [-0.05, 0) is 18.2 Å². The van der Waals surface area contributed by atoms with E-state index in [0.717, 1.165) is 37.8 Å². The molecule has 0 radical (unpaired) electrons. The SMILES string of the molecule is O=C(O)c1ccc(N2CCN(c3ncccn3)CC2)cn1. The van der Waals surface area contributed by atoms with Gasteiger partial charge in [0.05, 0.1) is 11.9 Å². The van der Waals surface area contributed by atoms with Gasteiger partial charge < -0.3 is 14.9 Å². The summed E-state index contributed by atoms with van der Waals surface area (Å²) in [5, 5.41) is 8.85. The Bertz CT molecular complexity index is 609. The summed E-state index contributed by atoms with van der Waals surface area (Å²) < 4.78 is 0. The van der Waals surface area contributed by atoms with Crippen molar-refractivity contribution in [3.05, 3.63) is 42.5 Å². The van der Waals surface area contributed by atoms with E-state index in [-0.39, 0.29) is 5.69 Å². The van der Waals surface area contributed by atoms with Crippen molar-refractivity contribution < 1.29 is 9.90 Å². The Morgan fingerprint density at radius 1 is 1.00 bits per heavy atom. The molecule has 0 saturated carbocycles. The van der Waals surface area contributed by atoms with Gasteiger partial charge >= 0.3 is 5.97 Å². The summed E-state index contributed by atoms with van der Waals surface area (Å²) >= 11 is 0. The highest BCUT2D eigenvalue weighted by molar-refractivity contribution is 5.85. The monoisotopic (exact) mass is 285 g/mol. The van der Waals surface area contributed by atoms with Gasteiger partial charge in [0.25, 0.3) is 0 Å². The number of nitrogens with zero attached hydrogens (tertiary/aromatic N) is 5. The number of hydrogen-bond acceptors (Lipinski definition) is 6. The van der Waals surface area contributed by atoms with Crippen LogP contribution in [0.3, 0.4) is 0 Å². The molecule has 1 aliphatic heterocycles. The van der Waals surface area contributed by atoms with Crippen LogP contribution in [0.25, 0.3) is 0 Å². The zero-order valence-corrected chi connectivity index (χ0v) is 11.4. The number of carbonyl (C=O) groups is 1. The van der Waals surface area contributed by atoms with Gasteiger partial charge in [-0.3, -0.25) is 0 Å². The lowest BCUT2D eigenvalue weighted by Gasteiger charge is -2.35. The maximum absolute atomic E-state index is 10.8. The Hall–Kier alpha value is -2.70. The summed E-state index contributed by atoms with van der Waals surface area (Å²) in [6, 6.07) is 5.13. The van der Waals surface area contributed by atoms with Gasteiger partial charge in [0.2, 0.25) is 5.95 Å². The summed E-state index contributed by atoms with van der Waals surface area (Å²) in [5.74, 6) is -0.260. The molecule has 0 bridgehead atoms. The van der Waals surface area contributed by atoms with Crippen molar-refractivity contribution in [3.63, 3.8) is 0 Å². The van der Waals surface area contributed by atoms with Crippen molar-refractivity contribution in [1.82, 2.24) is 15.0 Å². The third-order valence-electron chi connectivity index (χ3n) is 3.45. The molecule has 2 aromatic rings. The summed E-state index contributed by atoms with van der Waals surface area (Å²) in [6.07, 6.45) is 5.09. The molecule has 0 spiro atoms. The molecule has 1 fully saturated rings. The van der Waals surface area contributed by atoms with Gasteiger partial charge in [-0.15, -0.1) is 0 Å². The molecule has 21 heavy (non-hydrogen) atoms. The summed E-state index contributed by atoms with van der Waals surface area (Å²) in [7, 11) is 0. The van der Waals surface area contributed by atoms with Crippen LogP contribution < -0.4 is 9.80 Å². The standard InChI is InChI=1S/C14H15N5O2/c20-13(21)12-3-2-11(10-17-12)18-6-8-19(9-7-18)14-15-4-1-5-16-14/h1-5,10H,6-9H2,(H,20,21). The molecule has 1 aliphatic rings. The van der Waals surface area contributed by atoms with Crippen molar-refractivity contribution in [2.75, 3.05) is 36.0 Å². The van der Waals surface area contributed by atoms with Crippen molar-refractivity contribution in [1.29, 1.82) is 0 Å². The number of aromatic nitrogens is 3. The Kier molecular flexibility index (Phi) is 3.63. The van der Waals surface area contributed by atoms with Crippen LogP contribution in [0.2, 0.25) is 0 Å². The second kappa shape index (κ2) is 5.74. The van der Waals surface area contributed by atoms with E-state index in [1.165, 1.54) is 6.07 Å². The minimum absolute atomic E-state index is 0.0649. The predicted octanol–water partition coefficient (Wildman–Crippen LogP) is 0.896. The first-order chi connectivity index (χ1) is 10.2. The van der Waals surface area contributed by atoms with Crippen LogP contribution in [0.4, 0.5) is 11.6 Å². The van der Waals surface area contributed by atoms with Crippen LogP contribution in [0.5, 0.6) is 0 Å². The second-order valence-corrected chi connectivity index (χ2v) is 4.73. The lowest BCUT2D eigenvalue weighted by molar-refractivity contribution is 0.0690. The van der Waals surface area contributed by atoms with Crippen molar-refractivity contribution in [3.8, 4) is 0 Å². The minimum atomic E-state index is -1.01. The number of piperazine rings is 1. The van der Waals surface area contributed by atoms with Gasteiger partial charge in [0, 0.05) is 38.6 Å². The summed E-state index contributed by atoms with van der Waals surface area (Å²) in [6.45, 7) is 3.30. The van der Waals surface area contributed by atoms with Gasteiger partial charge in [-0.2, -0.15) is 0 Å². The molecule has 3 heterocycles. The smallest absolute Gasteiger partial charge is 0.354 e. The van der Waals surface area contributed by atoms with E-state index in [9.17, 15) is 4.79 Å². The highest BCUT2D eigenvalue weighted by Gasteiger charge is 2.19. The first-order valence-corrected chi connectivity index (χ1v) is 6.70. The van der Waals surface area contributed by atoms with E-state index in [0.29, 0.717) is 0 Å². The fourth-order valence-electron chi connectivity index (χ4n) is 2.32. The largest absolute Gasteiger partial charge is 0.477 e. The summed E-state index contributed by atoms with van der Waals surface area (Å²) in [5.41, 5.74) is 1.00. The zero-order chi connectivity index (χ0) is 14.7. The second-order valence-electron chi connectivity index (χ2n) is 4.73. The molecule has 3 rings (SSSR count). The number of pyridine rings is 1. The van der Waals surface area contributed by atoms with E-state index in [1.807, 2.05) is 0 Å². The molecule has 7 heteroatoms. The van der Waals surface area contributed by atoms with Gasteiger partial charge in [-0.25, -0.2) is 19.7 Å². The third kappa shape index (κ3) is 2.91. The van der Waals surface area contributed by atoms with Crippen LogP contribution in [-0.2, 0) is 0 Å². The highest BCUT2D eigenvalue weighted by Crippen LogP contribution is 2.17. The molecule has 1 saturated heterocycles. The zero-order valence-electron chi connectivity index (χ0n) is 11.4.